The molecular weight excluding hydrogens is 364 g/mol. The lowest BCUT2D eigenvalue weighted by Gasteiger charge is -2.35. The van der Waals surface area contributed by atoms with Crippen LogP contribution in [0.15, 0.2) is 54.9 Å². The number of aromatic nitrogens is 3. The van der Waals surface area contributed by atoms with Crippen molar-refractivity contribution < 1.29 is 4.79 Å². The van der Waals surface area contributed by atoms with E-state index in [2.05, 4.69) is 31.2 Å². The third-order valence-electron chi connectivity index (χ3n) is 4.89. The van der Waals surface area contributed by atoms with Crippen LogP contribution in [-0.2, 0) is 0 Å². The molecule has 7 nitrogen and oxygen atoms in total. The average Bonchev–Trinajstić information content (AvgIpc) is 2.73. The van der Waals surface area contributed by atoms with Gasteiger partial charge in [-0.1, -0.05) is 12.1 Å². The van der Waals surface area contributed by atoms with Gasteiger partial charge in [-0.05, 0) is 55.3 Å². The first kappa shape index (κ1) is 18.9. The van der Waals surface area contributed by atoms with Gasteiger partial charge in [-0.2, -0.15) is 0 Å². The van der Waals surface area contributed by atoms with Crippen LogP contribution in [0, 0.1) is 13.8 Å². The first-order valence-electron chi connectivity index (χ1n) is 9.72. The summed E-state index contributed by atoms with van der Waals surface area (Å²) in [4.78, 5) is 30.0. The van der Waals surface area contributed by atoms with E-state index in [-0.39, 0.29) is 5.91 Å². The molecule has 1 saturated heterocycles. The molecule has 1 aromatic carbocycles. The number of benzene rings is 1. The molecule has 29 heavy (non-hydrogen) atoms. The molecule has 1 N–H and O–H groups in total. The number of rotatable bonds is 4. The Morgan fingerprint density at radius 2 is 1.69 bits per heavy atom. The maximum Gasteiger partial charge on any atom is 0.272 e. The minimum absolute atomic E-state index is 0.0726. The normalized spacial score (nSPS) is 14.0. The summed E-state index contributed by atoms with van der Waals surface area (Å²) in [5, 5.41) is 3.20. The predicted molar refractivity (Wildman–Crippen MR) is 114 cm³/mol. The smallest absolute Gasteiger partial charge is 0.272 e. The number of carbonyl (C=O) groups excluding carboxylic acids is 1. The van der Waals surface area contributed by atoms with Gasteiger partial charge in [-0.15, -0.1) is 0 Å². The molecule has 0 bridgehead atoms. The van der Waals surface area contributed by atoms with Crippen molar-refractivity contribution in [2.24, 2.45) is 0 Å². The fraction of sp³-hybridized carbons (Fsp3) is 0.273. The standard InChI is InChI=1S/C22H24N6O/c1-16-13-17(2)15-18(14-16)25-22-24-8-6-19(26-22)21(29)28-11-9-27(10-12-28)20-5-3-4-7-23-20/h3-8,13-15H,9-12H2,1-2H3,(H,24,25,26). The van der Waals surface area contributed by atoms with E-state index in [1.54, 1.807) is 18.5 Å². The minimum atomic E-state index is -0.0726. The number of nitrogens with zero attached hydrogens (tertiary/aromatic N) is 5. The summed E-state index contributed by atoms with van der Waals surface area (Å²) < 4.78 is 0. The number of piperazine rings is 1. The lowest BCUT2D eigenvalue weighted by molar-refractivity contribution is 0.0740. The van der Waals surface area contributed by atoms with Crippen molar-refractivity contribution in [3.8, 4) is 0 Å². The Labute approximate surface area is 170 Å². The van der Waals surface area contributed by atoms with E-state index < -0.39 is 0 Å². The van der Waals surface area contributed by atoms with Gasteiger partial charge < -0.3 is 15.1 Å². The summed E-state index contributed by atoms with van der Waals surface area (Å²) in [5.74, 6) is 1.30. The van der Waals surface area contributed by atoms with Crippen LogP contribution in [0.25, 0.3) is 0 Å². The van der Waals surface area contributed by atoms with Gasteiger partial charge in [0.25, 0.3) is 5.91 Å². The Morgan fingerprint density at radius 1 is 0.931 bits per heavy atom. The second kappa shape index (κ2) is 8.26. The molecule has 1 fully saturated rings. The number of carbonyl (C=O) groups is 1. The maximum atomic E-state index is 12.9. The molecule has 2 aromatic heterocycles. The topological polar surface area (TPSA) is 74.2 Å². The summed E-state index contributed by atoms with van der Waals surface area (Å²) in [7, 11) is 0. The highest BCUT2D eigenvalue weighted by molar-refractivity contribution is 5.92. The third-order valence-corrected chi connectivity index (χ3v) is 4.89. The molecule has 1 amide bonds. The van der Waals surface area contributed by atoms with Gasteiger partial charge in [0, 0.05) is 44.3 Å². The van der Waals surface area contributed by atoms with Crippen molar-refractivity contribution >= 4 is 23.4 Å². The van der Waals surface area contributed by atoms with Gasteiger partial charge in [0.05, 0.1) is 0 Å². The molecule has 148 valence electrons. The van der Waals surface area contributed by atoms with Crippen molar-refractivity contribution in [1.29, 1.82) is 0 Å². The molecule has 3 heterocycles. The van der Waals surface area contributed by atoms with Gasteiger partial charge in [-0.3, -0.25) is 4.79 Å². The highest BCUT2D eigenvalue weighted by atomic mass is 16.2. The number of amides is 1. The summed E-state index contributed by atoms with van der Waals surface area (Å²) >= 11 is 0. The molecule has 1 aliphatic heterocycles. The Morgan fingerprint density at radius 3 is 2.38 bits per heavy atom. The molecule has 0 radical (unpaired) electrons. The van der Waals surface area contributed by atoms with Gasteiger partial charge in [-0.25, -0.2) is 15.0 Å². The summed E-state index contributed by atoms with van der Waals surface area (Å²) in [5.41, 5.74) is 3.63. The number of hydrogen-bond donors (Lipinski definition) is 1. The number of pyridine rings is 1. The molecule has 0 saturated carbocycles. The first-order chi connectivity index (χ1) is 14.1. The summed E-state index contributed by atoms with van der Waals surface area (Å²) in [6.07, 6.45) is 3.41. The van der Waals surface area contributed by atoms with E-state index in [0.29, 0.717) is 24.7 Å². The van der Waals surface area contributed by atoms with Crippen molar-refractivity contribution in [1.82, 2.24) is 19.9 Å². The van der Waals surface area contributed by atoms with E-state index in [4.69, 9.17) is 0 Å². The van der Waals surface area contributed by atoms with Crippen LogP contribution in [0.1, 0.15) is 21.6 Å². The number of anilines is 3. The lowest BCUT2D eigenvalue weighted by atomic mass is 10.1. The highest BCUT2D eigenvalue weighted by Gasteiger charge is 2.23. The second-order valence-corrected chi connectivity index (χ2v) is 7.23. The Balaban J connectivity index is 1.42. The molecule has 0 unspecified atom stereocenters. The summed E-state index contributed by atoms with van der Waals surface area (Å²) in [6.45, 7) is 6.87. The van der Waals surface area contributed by atoms with Crippen molar-refractivity contribution in [2.45, 2.75) is 13.8 Å². The van der Waals surface area contributed by atoms with Crippen LogP contribution in [0.2, 0.25) is 0 Å². The number of aryl methyl sites for hydroxylation is 2. The van der Waals surface area contributed by atoms with Crippen LogP contribution in [0.4, 0.5) is 17.5 Å². The van der Waals surface area contributed by atoms with Crippen molar-refractivity contribution in [2.75, 3.05) is 36.4 Å². The quantitative estimate of drug-likeness (QED) is 0.740. The molecule has 0 spiro atoms. The zero-order chi connectivity index (χ0) is 20.2. The molecular formula is C22H24N6O. The van der Waals surface area contributed by atoms with E-state index >= 15 is 0 Å². The zero-order valence-electron chi connectivity index (χ0n) is 16.7. The largest absolute Gasteiger partial charge is 0.353 e. The van der Waals surface area contributed by atoms with Gasteiger partial charge in [0.15, 0.2) is 0 Å². The first-order valence-corrected chi connectivity index (χ1v) is 9.72. The Bertz CT molecular complexity index is 979. The van der Waals surface area contributed by atoms with Crippen LogP contribution in [0.5, 0.6) is 0 Å². The van der Waals surface area contributed by atoms with E-state index in [1.165, 1.54) is 0 Å². The zero-order valence-corrected chi connectivity index (χ0v) is 16.7. The molecule has 4 rings (SSSR count). The van der Waals surface area contributed by atoms with Crippen molar-refractivity contribution in [3.63, 3.8) is 0 Å². The molecule has 7 heteroatoms. The monoisotopic (exact) mass is 388 g/mol. The fourth-order valence-electron chi connectivity index (χ4n) is 3.56. The van der Waals surface area contributed by atoms with Gasteiger partial charge in [0.1, 0.15) is 11.5 Å². The maximum absolute atomic E-state index is 12.9. The predicted octanol–water partition coefficient (Wildman–Crippen LogP) is 3.19. The number of hydrogen-bond acceptors (Lipinski definition) is 6. The summed E-state index contributed by atoms with van der Waals surface area (Å²) in [6, 6.07) is 13.7. The van der Waals surface area contributed by atoms with Crippen LogP contribution < -0.4 is 10.2 Å². The number of nitrogens with one attached hydrogen (secondary N) is 1. The van der Waals surface area contributed by atoms with Gasteiger partial charge in [0.2, 0.25) is 5.95 Å². The molecule has 3 aromatic rings. The van der Waals surface area contributed by atoms with Crippen LogP contribution in [0.3, 0.4) is 0 Å². The molecule has 1 aliphatic rings. The average molecular weight is 388 g/mol. The van der Waals surface area contributed by atoms with E-state index in [0.717, 1.165) is 35.7 Å². The lowest BCUT2D eigenvalue weighted by Crippen LogP contribution is -2.49. The second-order valence-electron chi connectivity index (χ2n) is 7.23. The van der Waals surface area contributed by atoms with Crippen LogP contribution in [-0.4, -0.2) is 51.9 Å². The minimum Gasteiger partial charge on any atom is -0.353 e. The molecule has 0 atom stereocenters. The Kier molecular flexibility index (Phi) is 5.37. The van der Waals surface area contributed by atoms with Crippen LogP contribution >= 0.6 is 0 Å². The van der Waals surface area contributed by atoms with E-state index in [9.17, 15) is 4.79 Å². The van der Waals surface area contributed by atoms with Gasteiger partial charge >= 0.3 is 0 Å². The SMILES string of the molecule is Cc1cc(C)cc(Nc2nccc(C(=O)N3CCN(c4ccccn4)CC3)n2)c1. The Hall–Kier alpha value is -3.48. The highest BCUT2D eigenvalue weighted by Crippen LogP contribution is 2.18. The van der Waals surface area contributed by atoms with Crippen molar-refractivity contribution in [3.05, 3.63) is 71.7 Å². The third kappa shape index (κ3) is 4.51. The van der Waals surface area contributed by atoms with E-state index in [1.807, 2.05) is 49.1 Å². The fourth-order valence-corrected chi connectivity index (χ4v) is 3.56. The molecule has 0 aliphatic carbocycles.